The van der Waals surface area contributed by atoms with Crippen molar-refractivity contribution in [3.8, 4) is 0 Å². The van der Waals surface area contributed by atoms with Gasteiger partial charge in [0.05, 0.1) is 0 Å². The van der Waals surface area contributed by atoms with Crippen molar-refractivity contribution in [2.75, 3.05) is 24.5 Å². The van der Waals surface area contributed by atoms with Gasteiger partial charge in [0.1, 0.15) is 0 Å². The van der Waals surface area contributed by atoms with Gasteiger partial charge in [0, 0.05) is 0 Å². The lowest BCUT2D eigenvalue weighted by Crippen LogP contribution is -2.20. The van der Waals surface area contributed by atoms with Crippen molar-refractivity contribution in [3.05, 3.63) is 0 Å². The quantitative estimate of drug-likeness (QED) is 0.657. The molecule has 4 atom stereocenters. The fourth-order valence-electron chi connectivity index (χ4n) is 3.10. The molecule has 1 heteroatoms. The minimum Gasteiger partial charge on any atom is -0.249 e. The monoisotopic (exact) mass is 216 g/mol. The molecule has 0 aliphatic heterocycles. The molecular weight excluding hydrogens is 188 g/mol. The molecule has 86 valence electrons. The van der Waals surface area contributed by atoms with E-state index in [4.69, 9.17) is 0 Å². The maximum atomic E-state index is 2.47. The van der Waals surface area contributed by atoms with E-state index in [1.165, 1.54) is 5.75 Å². The third-order valence-electron chi connectivity index (χ3n) is 4.53. The second-order valence-electron chi connectivity index (χ2n) is 6.36. The fourth-order valence-corrected chi connectivity index (χ4v) is 4.86. The summed E-state index contributed by atoms with van der Waals surface area (Å²) in [5.74, 6) is 6.19. The Labute approximate surface area is 92.2 Å². The molecule has 1 aliphatic rings. The molecule has 0 saturated heterocycles. The summed E-state index contributed by atoms with van der Waals surface area (Å²) in [5, 5.41) is 0. The summed E-state index contributed by atoms with van der Waals surface area (Å²) in [5.41, 5.74) is 0. The van der Waals surface area contributed by atoms with Crippen molar-refractivity contribution in [3.63, 3.8) is 0 Å². The summed E-state index contributed by atoms with van der Waals surface area (Å²) in [7, 11) is -0.320. The van der Waals surface area contributed by atoms with E-state index in [-0.39, 0.29) is 10.0 Å². The molecule has 0 radical (unpaired) electrons. The van der Waals surface area contributed by atoms with Crippen LogP contribution in [0.4, 0.5) is 0 Å². The lowest BCUT2D eigenvalue weighted by Gasteiger charge is -2.33. The Bertz CT molecular complexity index is 178. The minimum atomic E-state index is -0.320. The lowest BCUT2D eigenvalue weighted by atomic mass is 9.91. The van der Waals surface area contributed by atoms with Crippen molar-refractivity contribution in [1.82, 2.24) is 0 Å². The molecular formula is C13H28S. The van der Waals surface area contributed by atoms with Crippen molar-refractivity contribution >= 4 is 10.0 Å². The summed E-state index contributed by atoms with van der Waals surface area (Å²) < 4.78 is 0. The summed E-state index contributed by atoms with van der Waals surface area (Å²) in [4.78, 5) is 0. The topological polar surface area (TPSA) is 0 Å². The zero-order valence-corrected chi connectivity index (χ0v) is 11.8. The van der Waals surface area contributed by atoms with Crippen molar-refractivity contribution in [1.29, 1.82) is 0 Å². The number of rotatable bonds is 2. The normalized spacial score (nSPS) is 45.5. The Morgan fingerprint density at radius 3 is 1.36 bits per heavy atom. The predicted molar refractivity (Wildman–Crippen MR) is 70.4 cm³/mol. The smallest absolute Gasteiger partial charge is 0.0201 e. The lowest BCUT2D eigenvalue weighted by molar-refractivity contribution is 0.352. The molecule has 1 rings (SSSR count). The van der Waals surface area contributed by atoms with Gasteiger partial charge in [-0.25, -0.2) is 10.0 Å². The van der Waals surface area contributed by atoms with E-state index in [9.17, 15) is 0 Å². The number of hydrogen-bond donors (Lipinski definition) is 0. The van der Waals surface area contributed by atoms with Crippen LogP contribution in [0.5, 0.6) is 0 Å². The van der Waals surface area contributed by atoms with Crippen LogP contribution in [0.3, 0.4) is 0 Å². The van der Waals surface area contributed by atoms with E-state index in [0.717, 1.165) is 29.6 Å². The molecule has 14 heavy (non-hydrogen) atoms. The second kappa shape index (κ2) is 4.08. The van der Waals surface area contributed by atoms with Crippen molar-refractivity contribution < 1.29 is 0 Å². The molecule has 0 bridgehead atoms. The van der Waals surface area contributed by atoms with Crippen LogP contribution >= 0.6 is 10.0 Å². The van der Waals surface area contributed by atoms with Gasteiger partial charge in [-0.1, -0.05) is 27.7 Å². The first-order chi connectivity index (χ1) is 6.24. The molecule has 4 unspecified atom stereocenters. The summed E-state index contributed by atoms with van der Waals surface area (Å²) in [6.07, 6.45) is 7.38. The van der Waals surface area contributed by atoms with Crippen LogP contribution < -0.4 is 0 Å². The first kappa shape index (κ1) is 12.4. The first-order valence-electron chi connectivity index (χ1n) is 5.90. The van der Waals surface area contributed by atoms with Gasteiger partial charge < -0.3 is 0 Å². The van der Waals surface area contributed by atoms with E-state index < -0.39 is 0 Å². The average molecular weight is 216 g/mol. The largest absolute Gasteiger partial charge is 0.249 e. The molecule has 0 heterocycles. The SMILES string of the molecule is CC1C(C)C(C)C(CS(C)(C)C)C1C. The van der Waals surface area contributed by atoms with Gasteiger partial charge in [-0.3, -0.25) is 0 Å². The van der Waals surface area contributed by atoms with E-state index in [1.807, 2.05) is 0 Å². The molecule has 0 N–H and O–H groups in total. The zero-order valence-electron chi connectivity index (χ0n) is 11.0. The van der Waals surface area contributed by atoms with Crippen LogP contribution in [0.2, 0.25) is 0 Å². The Morgan fingerprint density at radius 1 is 0.714 bits per heavy atom. The highest BCUT2D eigenvalue weighted by molar-refractivity contribution is 8.32. The molecule has 1 saturated carbocycles. The highest BCUT2D eigenvalue weighted by Gasteiger charge is 2.41. The molecule has 0 aromatic heterocycles. The van der Waals surface area contributed by atoms with E-state index in [0.29, 0.717) is 0 Å². The Morgan fingerprint density at radius 2 is 1.07 bits per heavy atom. The molecule has 0 aromatic rings. The van der Waals surface area contributed by atoms with Gasteiger partial charge in [0.25, 0.3) is 0 Å². The number of hydrogen-bond acceptors (Lipinski definition) is 0. The summed E-state index contributed by atoms with van der Waals surface area (Å²) >= 11 is 0. The zero-order chi connectivity index (χ0) is 11.1. The van der Waals surface area contributed by atoms with Gasteiger partial charge in [0.2, 0.25) is 0 Å². The third kappa shape index (κ3) is 2.48. The Kier molecular flexibility index (Phi) is 3.62. The summed E-state index contributed by atoms with van der Waals surface area (Å²) in [6, 6.07) is 0. The standard InChI is InChI=1S/C13H28S/c1-9-10(2)12(4)13(11(9)3)8-14(5,6)7/h9-13H,8H2,1-7H3. The second-order valence-corrected chi connectivity index (χ2v) is 10.9. The van der Waals surface area contributed by atoms with Gasteiger partial charge in [0.15, 0.2) is 0 Å². The molecule has 0 nitrogen and oxygen atoms in total. The van der Waals surface area contributed by atoms with Gasteiger partial charge in [-0.05, 0) is 54.1 Å². The Hall–Kier alpha value is 0.350. The minimum absolute atomic E-state index is 0.320. The molecule has 0 amide bonds. The maximum absolute atomic E-state index is 2.47. The van der Waals surface area contributed by atoms with E-state index in [2.05, 4.69) is 46.5 Å². The highest BCUT2D eigenvalue weighted by Crippen LogP contribution is 2.51. The van der Waals surface area contributed by atoms with Gasteiger partial charge in [-0.15, -0.1) is 0 Å². The molecule has 1 fully saturated rings. The summed E-state index contributed by atoms with van der Waals surface area (Å²) in [6.45, 7) is 9.84. The van der Waals surface area contributed by atoms with Crippen LogP contribution in [0, 0.1) is 29.6 Å². The third-order valence-corrected chi connectivity index (χ3v) is 5.92. The maximum Gasteiger partial charge on any atom is -0.0201 e. The van der Waals surface area contributed by atoms with Crippen molar-refractivity contribution in [2.45, 2.75) is 27.7 Å². The fraction of sp³-hybridized carbons (Fsp3) is 1.00. The van der Waals surface area contributed by atoms with Crippen molar-refractivity contribution in [2.24, 2.45) is 29.6 Å². The van der Waals surface area contributed by atoms with Crippen LogP contribution in [0.1, 0.15) is 27.7 Å². The van der Waals surface area contributed by atoms with Crippen LogP contribution in [-0.2, 0) is 0 Å². The van der Waals surface area contributed by atoms with Crippen LogP contribution in [0.15, 0.2) is 0 Å². The van der Waals surface area contributed by atoms with E-state index >= 15 is 0 Å². The van der Waals surface area contributed by atoms with Gasteiger partial charge in [-0.2, -0.15) is 0 Å². The van der Waals surface area contributed by atoms with Gasteiger partial charge >= 0.3 is 0 Å². The first-order valence-corrected chi connectivity index (χ1v) is 8.92. The molecule has 0 spiro atoms. The van der Waals surface area contributed by atoms with Crippen LogP contribution in [-0.4, -0.2) is 24.5 Å². The van der Waals surface area contributed by atoms with Crippen LogP contribution in [0.25, 0.3) is 0 Å². The predicted octanol–water partition coefficient (Wildman–Crippen LogP) is 3.85. The molecule has 0 aromatic carbocycles. The average Bonchev–Trinajstić information content (AvgIpc) is 2.20. The highest BCUT2D eigenvalue weighted by atomic mass is 32.3. The Balaban J connectivity index is 2.70. The van der Waals surface area contributed by atoms with E-state index in [1.54, 1.807) is 0 Å². The molecule has 1 aliphatic carbocycles.